The Morgan fingerprint density at radius 3 is 2.38 bits per heavy atom. The fourth-order valence-corrected chi connectivity index (χ4v) is 3.02. The van der Waals surface area contributed by atoms with Crippen LogP contribution >= 0.6 is 0 Å². The van der Waals surface area contributed by atoms with E-state index >= 15 is 0 Å². The Morgan fingerprint density at radius 2 is 1.90 bits per heavy atom. The fraction of sp³-hybridized carbons (Fsp3) is 0.600. The molecule has 5 nitrogen and oxygen atoms in total. The summed E-state index contributed by atoms with van der Waals surface area (Å²) in [5.74, 6) is -1.16. The molecule has 0 heterocycles. The predicted molar refractivity (Wildman–Crippen MR) is 98.5 cm³/mol. The summed E-state index contributed by atoms with van der Waals surface area (Å²) in [6.07, 6.45) is -4.28. The highest BCUT2D eigenvalue weighted by Gasteiger charge is 2.50. The van der Waals surface area contributed by atoms with E-state index in [1.165, 1.54) is 22.9 Å². The van der Waals surface area contributed by atoms with Gasteiger partial charge in [-0.15, -0.1) is 0 Å². The molecule has 0 bridgehead atoms. The average molecular weight is 415 g/mol. The van der Waals surface area contributed by atoms with Gasteiger partial charge in [0.05, 0.1) is 5.56 Å². The van der Waals surface area contributed by atoms with Gasteiger partial charge in [-0.1, -0.05) is 12.1 Å². The molecule has 1 aromatic carbocycles. The summed E-state index contributed by atoms with van der Waals surface area (Å²) >= 11 is 0. The Kier molecular flexibility index (Phi) is 6.78. The smallest absolute Gasteiger partial charge is 0.410 e. The van der Waals surface area contributed by atoms with Gasteiger partial charge >= 0.3 is 12.3 Å². The number of rotatable bonds is 6. The molecule has 29 heavy (non-hydrogen) atoms. The molecule has 9 heteroatoms. The van der Waals surface area contributed by atoms with E-state index < -0.39 is 40.9 Å². The minimum Gasteiger partial charge on any atom is -0.444 e. The van der Waals surface area contributed by atoms with Crippen molar-refractivity contribution in [1.82, 2.24) is 9.80 Å². The molecule has 0 aliphatic heterocycles. The Labute approximate surface area is 167 Å². The van der Waals surface area contributed by atoms with Crippen LogP contribution < -0.4 is 0 Å². The molecular weight excluding hydrogens is 390 g/mol. The quantitative estimate of drug-likeness (QED) is 0.636. The number of ether oxygens (including phenoxy) is 1. The standard InChI is InChI=1S/C20H25F4N3O2/c1-19(2,3)29-18(28)26(4)10-11-27(14-8-9-14)17(20(22,23)24)15-7-5-6-13(12-25)16(15)21/h5-7,14,17H,8-11H2,1-4H3. The normalized spacial score (nSPS) is 15.7. The lowest BCUT2D eigenvalue weighted by Gasteiger charge is -2.35. The number of halogens is 4. The van der Waals surface area contributed by atoms with E-state index in [0.29, 0.717) is 12.8 Å². The second-order valence-electron chi connectivity index (χ2n) is 8.14. The van der Waals surface area contributed by atoms with E-state index in [9.17, 15) is 22.4 Å². The number of nitrogens with zero attached hydrogens (tertiary/aromatic N) is 3. The van der Waals surface area contributed by atoms with Gasteiger partial charge in [0.25, 0.3) is 0 Å². The lowest BCUT2D eigenvalue weighted by Crippen LogP contribution is -2.45. The number of carbonyl (C=O) groups excluding carboxylic acids is 1. The molecule has 2 rings (SSSR count). The second kappa shape index (κ2) is 8.57. The SMILES string of the molecule is CN(CCN(C1CC1)C(c1cccc(C#N)c1F)C(F)(F)F)C(=O)OC(C)(C)C. The van der Waals surface area contributed by atoms with Gasteiger partial charge in [0.2, 0.25) is 0 Å². The third-order valence-corrected chi connectivity index (χ3v) is 4.50. The Bertz CT molecular complexity index is 779. The van der Waals surface area contributed by atoms with Crippen molar-refractivity contribution in [2.75, 3.05) is 20.1 Å². The first-order valence-corrected chi connectivity index (χ1v) is 9.30. The molecule has 1 unspecified atom stereocenters. The number of benzene rings is 1. The first kappa shape index (κ1) is 22.9. The van der Waals surface area contributed by atoms with E-state index in [1.807, 2.05) is 0 Å². The molecule has 0 N–H and O–H groups in total. The van der Waals surface area contributed by atoms with Crippen molar-refractivity contribution >= 4 is 6.09 Å². The van der Waals surface area contributed by atoms with Crippen molar-refractivity contribution in [1.29, 1.82) is 5.26 Å². The zero-order valence-electron chi connectivity index (χ0n) is 16.9. The topological polar surface area (TPSA) is 56.6 Å². The van der Waals surface area contributed by atoms with Crippen molar-refractivity contribution in [3.05, 3.63) is 35.1 Å². The van der Waals surface area contributed by atoms with Crippen LogP contribution in [0.3, 0.4) is 0 Å². The molecule has 1 amide bonds. The van der Waals surface area contributed by atoms with Gasteiger partial charge < -0.3 is 9.64 Å². The van der Waals surface area contributed by atoms with Gasteiger partial charge in [0, 0.05) is 31.7 Å². The maximum absolute atomic E-state index is 14.6. The molecule has 1 saturated carbocycles. The minimum absolute atomic E-state index is 0.0163. The highest BCUT2D eigenvalue weighted by molar-refractivity contribution is 5.67. The molecule has 0 radical (unpaired) electrons. The predicted octanol–water partition coefficient (Wildman–Crippen LogP) is 4.63. The Morgan fingerprint density at radius 1 is 1.28 bits per heavy atom. The second-order valence-corrected chi connectivity index (χ2v) is 8.14. The monoisotopic (exact) mass is 415 g/mol. The highest BCUT2D eigenvalue weighted by atomic mass is 19.4. The van der Waals surface area contributed by atoms with E-state index in [2.05, 4.69) is 0 Å². The van der Waals surface area contributed by atoms with E-state index in [4.69, 9.17) is 10.00 Å². The average Bonchev–Trinajstić information content (AvgIpc) is 3.41. The summed E-state index contributed by atoms with van der Waals surface area (Å²) in [6.45, 7) is 4.96. The number of alkyl halides is 3. The zero-order valence-corrected chi connectivity index (χ0v) is 16.9. The summed E-state index contributed by atoms with van der Waals surface area (Å²) in [7, 11) is 1.44. The van der Waals surface area contributed by atoms with Gasteiger partial charge in [-0.3, -0.25) is 4.90 Å². The molecule has 160 valence electrons. The van der Waals surface area contributed by atoms with E-state index in [-0.39, 0.29) is 19.1 Å². The van der Waals surface area contributed by atoms with E-state index in [0.717, 1.165) is 12.1 Å². The molecule has 0 saturated heterocycles. The van der Waals surface area contributed by atoms with Gasteiger partial charge in [0.1, 0.15) is 23.5 Å². The molecule has 0 aromatic heterocycles. The third kappa shape index (κ3) is 6.07. The third-order valence-electron chi connectivity index (χ3n) is 4.50. The minimum atomic E-state index is -4.75. The summed E-state index contributed by atoms with van der Waals surface area (Å²) in [6, 6.07) is 2.46. The molecule has 1 aliphatic rings. The molecule has 1 aliphatic carbocycles. The van der Waals surface area contributed by atoms with Gasteiger partial charge in [-0.25, -0.2) is 9.18 Å². The maximum Gasteiger partial charge on any atom is 0.410 e. The van der Waals surface area contributed by atoms with Crippen LogP contribution in [-0.4, -0.2) is 53.8 Å². The van der Waals surface area contributed by atoms with Gasteiger partial charge in [-0.05, 0) is 39.7 Å². The molecule has 1 aromatic rings. The number of likely N-dealkylation sites (N-methyl/N-ethyl adjacent to an activating group) is 1. The van der Waals surface area contributed by atoms with E-state index in [1.54, 1.807) is 26.8 Å². The van der Waals surface area contributed by atoms with Gasteiger partial charge in [-0.2, -0.15) is 18.4 Å². The summed E-state index contributed by atoms with van der Waals surface area (Å²) in [5.41, 5.74) is -1.74. The number of carbonyl (C=O) groups is 1. The first-order valence-electron chi connectivity index (χ1n) is 9.30. The fourth-order valence-electron chi connectivity index (χ4n) is 3.02. The summed E-state index contributed by atoms with van der Waals surface area (Å²) in [5, 5.41) is 8.97. The zero-order chi connectivity index (χ0) is 22.0. The number of amides is 1. The molecule has 1 fully saturated rings. The maximum atomic E-state index is 14.6. The van der Waals surface area contributed by atoms with Crippen molar-refractivity contribution in [3.8, 4) is 6.07 Å². The first-order chi connectivity index (χ1) is 13.3. The van der Waals surface area contributed by atoms with Crippen LogP contribution in [-0.2, 0) is 4.74 Å². The molecular formula is C20H25F4N3O2. The Hall–Kier alpha value is -2.34. The summed E-state index contributed by atoms with van der Waals surface area (Å²) < 4.78 is 61.7. The van der Waals surface area contributed by atoms with Crippen LogP contribution in [0.1, 0.15) is 50.8 Å². The van der Waals surface area contributed by atoms with Crippen LogP contribution in [0, 0.1) is 17.1 Å². The van der Waals surface area contributed by atoms with Crippen LogP contribution in [0.5, 0.6) is 0 Å². The van der Waals surface area contributed by atoms with Crippen LogP contribution in [0.15, 0.2) is 18.2 Å². The number of hydrogen-bond donors (Lipinski definition) is 0. The number of nitriles is 1. The summed E-state index contributed by atoms with van der Waals surface area (Å²) in [4.78, 5) is 14.5. The molecule has 0 spiro atoms. The molecule has 1 atom stereocenters. The highest BCUT2D eigenvalue weighted by Crippen LogP contribution is 2.44. The lowest BCUT2D eigenvalue weighted by molar-refractivity contribution is -0.189. The van der Waals surface area contributed by atoms with Crippen molar-refractivity contribution in [2.45, 2.75) is 57.5 Å². The number of hydrogen-bond acceptors (Lipinski definition) is 4. The van der Waals surface area contributed by atoms with Crippen molar-refractivity contribution < 1.29 is 27.1 Å². The Balaban J connectivity index is 2.26. The van der Waals surface area contributed by atoms with Crippen molar-refractivity contribution in [3.63, 3.8) is 0 Å². The van der Waals surface area contributed by atoms with Crippen LogP contribution in [0.4, 0.5) is 22.4 Å². The van der Waals surface area contributed by atoms with Crippen molar-refractivity contribution in [2.24, 2.45) is 0 Å². The van der Waals surface area contributed by atoms with Gasteiger partial charge in [0.15, 0.2) is 0 Å². The largest absolute Gasteiger partial charge is 0.444 e. The van der Waals surface area contributed by atoms with Crippen LogP contribution in [0.25, 0.3) is 0 Å². The van der Waals surface area contributed by atoms with Crippen LogP contribution in [0.2, 0.25) is 0 Å². The lowest BCUT2D eigenvalue weighted by atomic mass is 10.0.